The van der Waals surface area contributed by atoms with Crippen LogP contribution in [0, 0.1) is 0 Å². The van der Waals surface area contributed by atoms with Crippen molar-refractivity contribution in [3.05, 3.63) is 71.8 Å². The van der Waals surface area contributed by atoms with Crippen LogP contribution in [0.5, 0.6) is 0 Å². The van der Waals surface area contributed by atoms with Gasteiger partial charge in [0, 0.05) is 12.8 Å². The summed E-state index contributed by atoms with van der Waals surface area (Å²) in [7, 11) is 1.92. The first-order valence-electron chi connectivity index (χ1n) is 11.8. The quantitative estimate of drug-likeness (QED) is 0.347. The molecule has 3 unspecified atom stereocenters. The molecule has 12 heteroatoms. The molecular formula is C25H30N6O3S3. The van der Waals surface area contributed by atoms with Gasteiger partial charge in [-0.25, -0.2) is 0 Å². The lowest BCUT2D eigenvalue weighted by molar-refractivity contribution is -0.128. The summed E-state index contributed by atoms with van der Waals surface area (Å²) < 4.78 is 0. The molecular weight excluding hydrogens is 529 g/mol. The summed E-state index contributed by atoms with van der Waals surface area (Å²) in [6.07, 6.45) is -0.0345. The van der Waals surface area contributed by atoms with Gasteiger partial charge in [0.2, 0.25) is 5.91 Å². The van der Waals surface area contributed by atoms with E-state index < -0.39 is 12.0 Å². The third-order valence-electron chi connectivity index (χ3n) is 5.56. The van der Waals surface area contributed by atoms with Gasteiger partial charge in [0.15, 0.2) is 16.4 Å². The molecule has 2 aromatic carbocycles. The number of nitrogens with one attached hydrogen (secondary N) is 3. The monoisotopic (exact) mass is 558 g/mol. The Labute approximate surface area is 229 Å². The van der Waals surface area contributed by atoms with Crippen LogP contribution in [0.4, 0.5) is 0 Å². The number of amidine groups is 2. The van der Waals surface area contributed by atoms with Crippen molar-refractivity contribution in [1.82, 2.24) is 21.1 Å². The molecule has 4 N–H and O–H groups in total. The molecule has 4 rings (SSSR count). The first-order chi connectivity index (χ1) is 17.8. The zero-order valence-electron chi connectivity index (χ0n) is 20.6. The molecule has 0 bridgehead atoms. The second-order valence-electron chi connectivity index (χ2n) is 8.77. The zero-order valence-corrected chi connectivity index (χ0v) is 23.0. The average molecular weight is 559 g/mol. The summed E-state index contributed by atoms with van der Waals surface area (Å²) in [5, 5.41) is 27.7. The molecule has 0 fully saturated rings. The lowest BCUT2D eigenvalue weighted by atomic mass is 10.1. The van der Waals surface area contributed by atoms with Gasteiger partial charge in [0.1, 0.15) is 10.2 Å². The molecule has 0 saturated carbocycles. The Kier molecular flexibility index (Phi) is 9.41. The van der Waals surface area contributed by atoms with Crippen molar-refractivity contribution >= 4 is 57.4 Å². The van der Waals surface area contributed by atoms with Crippen molar-refractivity contribution in [3.8, 4) is 0 Å². The number of hydrogen-bond donors (Lipinski definition) is 4. The Hall–Kier alpha value is -2.67. The first-order valence-corrected chi connectivity index (χ1v) is 14.6. The minimum atomic E-state index is -1.25. The number of aliphatic hydroxyl groups excluding tert-OH is 1. The van der Waals surface area contributed by atoms with E-state index in [1.165, 1.54) is 11.8 Å². The first kappa shape index (κ1) is 27.4. The molecule has 2 heterocycles. The predicted molar refractivity (Wildman–Crippen MR) is 153 cm³/mol. The lowest BCUT2D eigenvalue weighted by Gasteiger charge is -2.23. The van der Waals surface area contributed by atoms with Crippen LogP contribution in [0.25, 0.3) is 0 Å². The average Bonchev–Trinajstić information content (AvgIpc) is 3.43. The number of carbonyl (C=O) groups is 2. The number of rotatable bonds is 9. The Balaban J connectivity index is 1.14. The number of hydrazone groups is 2. The third kappa shape index (κ3) is 7.91. The molecule has 2 amide bonds. The van der Waals surface area contributed by atoms with E-state index in [0.717, 1.165) is 23.5 Å². The van der Waals surface area contributed by atoms with E-state index in [0.29, 0.717) is 22.3 Å². The lowest BCUT2D eigenvalue weighted by Crippen LogP contribution is -2.36. The van der Waals surface area contributed by atoms with Crippen LogP contribution in [-0.4, -0.2) is 61.1 Å². The van der Waals surface area contributed by atoms with Crippen molar-refractivity contribution in [2.24, 2.45) is 10.2 Å². The van der Waals surface area contributed by atoms with Crippen LogP contribution in [0.2, 0.25) is 0 Å². The number of carbonyl (C=O) groups excluding carboxylic acids is 2. The minimum absolute atomic E-state index is 0.0719. The van der Waals surface area contributed by atoms with E-state index in [-0.39, 0.29) is 16.2 Å². The third-order valence-corrected chi connectivity index (χ3v) is 9.34. The van der Waals surface area contributed by atoms with E-state index in [9.17, 15) is 14.7 Å². The van der Waals surface area contributed by atoms with E-state index in [1.807, 2.05) is 55.4 Å². The van der Waals surface area contributed by atoms with Crippen molar-refractivity contribution in [3.63, 3.8) is 0 Å². The van der Waals surface area contributed by atoms with Gasteiger partial charge in [-0.3, -0.25) is 20.0 Å². The molecule has 2 aliphatic heterocycles. The molecule has 0 aromatic heterocycles. The van der Waals surface area contributed by atoms with Crippen molar-refractivity contribution in [2.75, 3.05) is 18.6 Å². The van der Waals surface area contributed by atoms with E-state index in [1.54, 1.807) is 47.8 Å². The Morgan fingerprint density at radius 3 is 2.57 bits per heavy atom. The Morgan fingerprint density at radius 2 is 1.84 bits per heavy atom. The fraction of sp³-hybridized carbons (Fsp3) is 0.360. The van der Waals surface area contributed by atoms with Crippen LogP contribution in [0.3, 0.4) is 0 Å². The maximum absolute atomic E-state index is 12.4. The van der Waals surface area contributed by atoms with Gasteiger partial charge in [0.05, 0.1) is 6.42 Å². The van der Waals surface area contributed by atoms with Crippen molar-refractivity contribution < 1.29 is 14.7 Å². The van der Waals surface area contributed by atoms with Crippen LogP contribution < -0.4 is 16.1 Å². The molecule has 2 aromatic rings. The fourth-order valence-electron chi connectivity index (χ4n) is 3.64. The van der Waals surface area contributed by atoms with Gasteiger partial charge in [-0.2, -0.15) is 22.0 Å². The number of thioether (sulfide) groups is 3. The predicted octanol–water partition coefficient (Wildman–Crippen LogP) is 2.92. The highest BCUT2D eigenvalue weighted by Crippen LogP contribution is 2.33. The molecule has 0 spiro atoms. The maximum Gasteiger partial charge on any atom is 0.259 e. The van der Waals surface area contributed by atoms with E-state index in [2.05, 4.69) is 26.3 Å². The van der Waals surface area contributed by atoms with Gasteiger partial charge < -0.3 is 15.7 Å². The summed E-state index contributed by atoms with van der Waals surface area (Å²) in [6, 6.07) is 18.4. The normalized spacial score (nSPS) is 21.6. The Bertz CT molecular complexity index is 1150. The second-order valence-corrected chi connectivity index (χ2v) is 12.5. The second kappa shape index (κ2) is 12.7. The molecule has 0 radical (unpaired) electrons. The summed E-state index contributed by atoms with van der Waals surface area (Å²) in [4.78, 5) is 24.4. The van der Waals surface area contributed by atoms with Crippen LogP contribution in [0.1, 0.15) is 30.6 Å². The molecule has 2 aliphatic rings. The molecule has 0 saturated heterocycles. The van der Waals surface area contributed by atoms with Gasteiger partial charge in [-0.1, -0.05) is 84.2 Å². The SMILES string of the molecule is CN1N=C(NC(=O)Cc2ccccc2)SC1CCSCC1(C)NN=C(NC(=O)C(O)c2ccccc2)S1. The number of amides is 2. The summed E-state index contributed by atoms with van der Waals surface area (Å²) in [5.74, 6) is 1.08. The van der Waals surface area contributed by atoms with Gasteiger partial charge >= 0.3 is 0 Å². The molecule has 9 nitrogen and oxygen atoms in total. The summed E-state index contributed by atoms with van der Waals surface area (Å²) in [6.45, 7) is 2.03. The highest BCUT2D eigenvalue weighted by Gasteiger charge is 2.34. The highest BCUT2D eigenvalue weighted by atomic mass is 32.2. The van der Waals surface area contributed by atoms with Gasteiger partial charge in [0.25, 0.3) is 5.91 Å². The number of nitrogens with zero attached hydrogens (tertiary/aromatic N) is 3. The summed E-state index contributed by atoms with van der Waals surface area (Å²) in [5.41, 5.74) is 4.60. The molecule has 196 valence electrons. The number of aliphatic hydroxyl groups is 1. The van der Waals surface area contributed by atoms with Crippen molar-refractivity contribution in [1.29, 1.82) is 0 Å². The molecule has 3 atom stereocenters. The smallest absolute Gasteiger partial charge is 0.259 e. The van der Waals surface area contributed by atoms with E-state index >= 15 is 0 Å². The molecule has 0 aliphatic carbocycles. The van der Waals surface area contributed by atoms with Gasteiger partial charge in [-0.05, 0) is 30.2 Å². The van der Waals surface area contributed by atoms with Crippen LogP contribution in [-0.2, 0) is 16.0 Å². The van der Waals surface area contributed by atoms with Crippen molar-refractivity contribution in [2.45, 2.75) is 36.1 Å². The standard InChI is InChI=1S/C25H30N6O3S3/c1-25(30-28-23(37-25)27-22(34)21(33)18-11-7-4-8-12-18)16-35-14-13-20-31(2)29-24(36-20)26-19(32)15-17-9-5-3-6-10-17/h3-12,20-21,30,33H,13-16H2,1-2H3,(H,26,29,32)(H,27,28,34). The van der Waals surface area contributed by atoms with Crippen LogP contribution >= 0.6 is 35.3 Å². The van der Waals surface area contributed by atoms with Gasteiger partial charge in [-0.15, -0.1) is 0 Å². The topological polar surface area (TPSA) is 118 Å². The minimum Gasteiger partial charge on any atom is -0.378 e. The molecule has 37 heavy (non-hydrogen) atoms. The maximum atomic E-state index is 12.4. The zero-order chi connectivity index (χ0) is 26.3. The Morgan fingerprint density at radius 1 is 1.14 bits per heavy atom. The summed E-state index contributed by atoms with van der Waals surface area (Å²) >= 11 is 4.78. The fourth-order valence-corrected chi connectivity index (χ4v) is 7.06. The number of benzene rings is 2. The largest absolute Gasteiger partial charge is 0.378 e. The van der Waals surface area contributed by atoms with E-state index in [4.69, 9.17) is 0 Å². The van der Waals surface area contributed by atoms with Crippen LogP contribution in [0.15, 0.2) is 70.9 Å². The highest BCUT2D eigenvalue weighted by molar-refractivity contribution is 8.16. The number of hydrogen-bond acceptors (Lipinski definition) is 10.